The third kappa shape index (κ3) is 6.52. The van der Waals surface area contributed by atoms with Crippen LogP contribution in [0.5, 0.6) is 0 Å². The first-order valence-corrected chi connectivity index (χ1v) is 10.9. The van der Waals surface area contributed by atoms with Gasteiger partial charge in [0, 0.05) is 45.2 Å². The van der Waals surface area contributed by atoms with Crippen LogP contribution in [-0.4, -0.2) is 83.5 Å². The monoisotopic (exact) mass is 437 g/mol. The van der Waals surface area contributed by atoms with Crippen molar-refractivity contribution in [3.05, 3.63) is 40.7 Å². The van der Waals surface area contributed by atoms with Gasteiger partial charge in [-0.1, -0.05) is 24.1 Å². The molecule has 0 aromatic heterocycles. The molecule has 0 aliphatic carbocycles. The zero-order chi connectivity index (χ0) is 21.5. The summed E-state index contributed by atoms with van der Waals surface area (Å²) in [7, 11) is 0. The maximum Gasteiger partial charge on any atom is 0.246 e. The van der Waals surface area contributed by atoms with Gasteiger partial charge in [0.25, 0.3) is 0 Å². The summed E-state index contributed by atoms with van der Waals surface area (Å²) in [4.78, 5) is 30.5. The van der Waals surface area contributed by atoms with E-state index >= 15 is 0 Å². The van der Waals surface area contributed by atoms with Crippen molar-refractivity contribution in [2.75, 3.05) is 45.8 Å². The molecule has 1 N–H and O–H groups in total. The number of likely N-dealkylation sites (tertiary alicyclic amines) is 1. The minimum absolute atomic E-state index is 0.00345. The minimum Gasteiger partial charge on any atom is -0.390 e. The molecule has 0 saturated carbocycles. The molecule has 164 valence electrons. The molecule has 0 spiro atoms. The van der Waals surface area contributed by atoms with Crippen LogP contribution in [0.1, 0.15) is 31.2 Å². The summed E-state index contributed by atoms with van der Waals surface area (Å²) in [6.45, 7) is 4.02. The molecule has 2 aliphatic heterocycles. The van der Waals surface area contributed by atoms with Gasteiger partial charge in [0.15, 0.2) is 0 Å². The molecule has 8 heteroatoms. The van der Waals surface area contributed by atoms with E-state index in [1.54, 1.807) is 21.9 Å². The second-order valence-electron chi connectivity index (χ2n) is 7.94. The lowest BCUT2D eigenvalue weighted by Gasteiger charge is -2.30. The highest BCUT2D eigenvalue weighted by atomic mass is 35.5. The predicted octanol–water partition coefficient (Wildman–Crippen LogP) is 2.40. The van der Waals surface area contributed by atoms with Crippen LogP contribution in [0.2, 0.25) is 5.02 Å². The number of amides is 2. The lowest BCUT2D eigenvalue weighted by atomic mass is 10.1. The molecule has 2 heterocycles. The lowest BCUT2D eigenvalue weighted by Crippen LogP contribution is -2.44. The van der Waals surface area contributed by atoms with E-state index in [1.807, 2.05) is 0 Å². The number of halogens is 2. The highest BCUT2D eigenvalue weighted by molar-refractivity contribution is 6.30. The van der Waals surface area contributed by atoms with Crippen LogP contribution in [0.15, 0.2) is 24.3 Å². The largest absolute Gasteiger partial charge is 0.390 e. The Balaban J connectivity index is 1.50. The smallest absolute Gasteiger partial charge is 0.246 e. The number of benzene rings is 1. The van der Waals surface area contributed by atoms with Gasteiger partial charge < -0.3 is 19.8 Å². The third-order valence-electron chi connectivity index (χ3n) is 5.61. The topological polar surface area (TPSA) is 64.1 Å². The maximum atomic E-state index is 13.2. The molecule has 2 amide bonds. The SMILES string of the molecule is O=C(C=Cc1ccc(F)c(Cl)c1)N1CCC(=O)N(CC(O)CN2CCCCC2)CC1. The summed E-state index contributed by atoms with van der Waals surface area (Å²) in [5.74, 6) is -0.759. The summed E-state index contributed by atoms with van der Waals surface area (Å²) in [5.41, 5.74) is 0.628. The Labute approximate surface area is 181 Å². The van der Waals surface area contributed by atoms with E-state index in [-0.39, 0.29) is 23.3 Å². The van der Waals surface area contributed by atoms with Gasteiger partial charge in [-0.3, -0.25) is 9.59 Å². The molecule has 6 nitrogen and oxygen atoms in total. The fourth-order valence-electron chi connectivity index (χ4n) is 3.92. The molecule has 3 rings (SSSR count). The van der Waals surface area contributed by atoms with Crippen LogP contribution in [0.25, 0.3) is 6.08 Å². The van der Waals surface area contributed by atoms with Gasteiger partial charge in [0.2, 0.25) is 11.8 Å². The van der Waals surface area contributed by atoms with Crippen LogP contribution < -0.4 is 0 Å². The molecule has 1 atom stereocenters. The molecule has 2 saturated heterocycles. The normalized spacial score (nSPS) is 19.9. The maximum absolute atomic E-state index is 13.2. The quantitative estimate of drug-likeness (QED) is 0.694. The standard InChI is InChI=1S/C22H29ClFN3O3/c23-19-14-17(4-6-20(19)24)5-7-21(29)26-11-8-22(30)27(13-12-26)16-18(28)15-25-9-2-1-3-10-25/h4-7,14,18,28H,1-3,8-13,15-16H2. The second kappa shape index (κ2) is 10.9. The van der Waals surface area contributed by atoms with Gasteiger partial charge in [0.05, 0.1) is 11.1 Å². The van der Waals surface area contributed by atoms with Gasteiger partial charge in [0.1, 0.15) is 5.82 Å². The van der Waals surface area contributed by atoms with Gasteiger partial charge in [-0.2, -0.15) is 0 Å². The van der Waals surface area contributed by atoms with Crippen LogP contribution in [-0.2, 0) is 9.59 Å². The molecule has 1 aromatic carbocycles. The fourth-order valence-corrected chi connectivity index (χ4v) is 4.11. The van der Waals surface area contributed by atoms with Gasteiger partial charge in [-0.05, 0) is 49.7 Å². The average Bonchev–Trinajstić information content (AvgIpc) is 2.91. The fraction of sp³-hybridized carbons (Fsp3) is 0.545. The van der Waals surface area contributed by atoms with E-state index in [4.69, 9.17) is 11.6 Å². The van der Waals surface area contributed by atoms with Crippen molar-refractivity contribution in [2.45, 2.75) is 31.8 Å². The van der Waals surface area contributed by atoms with Crippen molar-refractivity contribution in [3.63, 3.8) is 0 Å². The molecule has 1 unspecified atom stereocenters. The number of β-amino-alcohol motifs (C(OH)–C–C–N with tert-alkyl or cyclic N) is 1. The Hall–Kier alpha value is -1.96. The number of piperidine rings is 1. The summed E-state index contributed by atoms with van der Waals surface area (Å²) in [6.07, 6.45) is 6.20. The predicted molar refractivity (Wildman–Crippen MR) is 115 cm³/mol. The highest BCUT2D eigenvalue weighted by Gasteiger charge is 2.25. The van der Waals surface area contributed by atoms with Crippen molar-refractivity contribution >= 4 is 29.5 Å². The molecule has 2 fully saturated rings. The van der Waals surface area contributed by atoms with E-state index < -0.39 is 11.9 Å². The molecule has 30 heavy (non-hydrogen) atoms. The first-order valence-electron chi connectivity index (χ1n) is 10.5. The van der Waals surface area contributed by atoms with E-state index in [0.29, 0.717) is 38.3 Å². The zero-order valence-corrected chi connectivity index (χ0v) is 17.9. The summed E-state index contributed by atoms with van der Waals surface area (Å²) in [6, 6.07) is 4.25. The van der Waals surface area contributed by atoms with Crippen LogP contribution >= 0.6 is 11.6 Å². The first kappa shape index (κ1) is 22.7. The number of aliphatic hydroxyl groups is 1. The third-order valence-corrected chi connectivity index (χ3v) is 5.90. The van der Waals surface area contributed by atoms with Crippen molar-refractivity contribution in [1.29, 1.82) is 0 Å². The number of hydrogen-bond donors (Lipinski definition) is 1. The van der Waals surface area contributed by atoms with Crippen molar-refractivity contribution in [3.8, 4) is 0 Å². The summed E-state index contributed by atoms with van der Waals surface area (Å²) in [5, 5.41) is 10.4. The van der Waals surface area contributed by atoms with Crippen LogP contribution in [0.4, 0.5) is 4.39 Å². The molecular formula is C22H29ClFN3O3. The Morgan fingerprint density at radius 3 is 2.63 bits per heavy atom. The Morgan fingerprint density at radius 2 is 1.90 bits per heavy atom. The Kier molecular flexibility index (Phi) is 8.24. The van der Waals surface area contributed by atoms with Crippen molar-refractivity contribution < 1.29 is 19.1 Å². The number of rotatable bonds is 6. The van der Waals surface area contributed by atoms with Crippen LogP contribution in [0.3, 0.4) is 0 Å². The zero-order valence-electron chi connectivity index (χ0n) is 17.1. The van der Waals surface area contributed by atoms with Crippen LogP contribution in [0, 0.1) is 5.82 Å². The minimum atomic E-state index is -0.586. The second-order valence-corrected chi connectivity index (χ2v) is 8.34. The molecule has 0 radical (unpaired) electrons. The highest BCUT2D eigenvalue weighted by Crippen LogP contribution is 2.17. The molecular weight excluding hydrogens is 409 g/mol. The number of hydrogen-bond acceptors (Lipinski definition) is 4. The van der Waals surface area contributed by atoms with Crippen molar-refractivity contribution in [2.24, 2.45) is 0 Å². The van der Waals surface area contributed by atoms with Gasteiger partial charge in [-0.15, -0.1) is 0 Å². The number of aliphatic hydroxyl groups excluding tert-OH is 1. The Bertz CT molecular complexity index is 783. The molecule has 2 aliphatic rings. The molecule has 1 aromatic rings. The number of carbonyl (C=O) groups excluding carboxylic acids is 2. The van der Waals surface area contributed by atoms with E-state index in [1.165, 1.54) is 24.6 Å². The first-order chi connectivity index (χ1) is 14.4. The van der Waals surface area contributed by atoms with Gasteiger partial charge >= 0.3 is 0 Å². The molecule has 0 bridgehead atoms. The van der Waals surface area contributed by atoms with Crippen molar-refractivity contribution in [1.82, 2.24) is 14.7 Å². The number of nitrogens with zero attached hydrogens (tertiary/aromatic N) is 3. The van der Waals surface area contributed by atoms with E-state index in [2.05, 4.69) is 4.90 Å². The number of carbonyl (C=O) groups is 2. The van der Waals surface area contributed by atoms with Gasteiger partial charge in [-0.25, -0.2) is 4.39 Å². The van der Waals surface area contributed by atoms with E-state index in [0.717, 1.165) is 25.9 Å². The summed E-state index contributed by atoms with van der Waals surface area (Å²) < 4.78 is 13.2. The van der Waals surface area contributed by atoms with E-state index in [9.17, 15) is 19.1 Å². The average molecular weight is 438 g/mol. The lowest BCUT2D eigenvalue weighted by molar-refractivity contribution is -0.131. The Morgan fingerprint density at radius 1 is 1.13 bits per heavy atom. The summed E-state index contributed by atoms with van der Waals surface area (Å²) >= 11 is 5.76.